The molecular weight excluding hydrogens is 344 g/mol. The first kappa shape index (κ1) is 23.2. The molecule has 1 atom stereocenters. The third kappa shape index (κ3) is 13.3. The van der Waals surface area contributed by atoms with Gasteiger partial charge < -0.3 is 20.6 Å². The summed E-state index contributed by atoms with van der Waals surface area (Å²) in [5.74, 6) is -6.32. The summed E-state index contributed by atoms with van der Waals surface area (Å²) in [4.78, 5) is 28.1. The Morgan fingerprint density at radius 2 is 1.22 bits per heavy atom. The molecule has 0 saturated carbocycles. The summed E-state index contributed by atoms with van der Waals surface area (Å²) >= 11 is 0. The van der Waals surface area contributed by atoms with E-state index in [1.807, 2.05) is 0 Å². The molecule has 4 N–H and O–H groups in total. The van der Waals surface area contributed by atoms with Gasteiger partial charge in [-0.3, -0.25) is 4.79 Å². The van der Waals surface area contributed by atoms with Crippen LogP contribution in [-0.4, -0.2) is 58.7 Å². The van der Waals surface area contributed by atoms with E-state index in [4.69, 9.17) is 24.9 Å². The third-order valence-corrected chi connectivity index (χ3v) is 2.13. The number of halogens is 6. The van der Waals surface area contributed by atoms with Crippen LogP contribution >= 0.6 is 0 Å². The molecule has 13 heteroatoms. The Balaban J connectivity index is 0. The quantitative estimate of drug-likeness (QED) is 0.522. The van der Waals surface area contributed by atoms with Crippen LogP contribution in [0.3, 0.4) is 0 Å². The molecule has 0 aliphatic carbocycles. The van der Waals surface area contributed by atoms with Crippen molar-refractivity contribution in [1.82, 2.24) is 5.32 Å². The Bertz CT molecular complexity index is 378. The lowest BCUT2D eigenvalue weighted by molar-refractivity contribution is -0.193. The number of carbonyl (C=O) groups is 3. The maximum absolute atomic E-state index is 10.6. The van der Waals surface area contributed by atoms with E-state index in [1.165, 1.54) is 0 Å². The molecule has 7 nitrogen and oxygen atoms in total. The number of piperidine rings is 1. The van der Waals surface area contributed by atoms with E-state index in [0.29, 0.717) is 6.54 Å². The van der Waals surface area contributed by atoms with E-state index in [0.717, 1.165) is 19.4 Å². The van der Waals surface area contributed by atoms with Crippen LogP contribution in [0.15, 0.2) is 0 Å². The van der Waals surface area contributed by atoms with Crippen LogP contribution < -0.4 is 5.32 Å². The minimum Gasteiger partial charge on any atom is -0.481 e. The molecule has 0 bridgehead atoms. The normalized spacial score (nSPS) is 17.7. The lowest BCUT2D eigenvalue weighted by Gasteiger charge is -2.18. The van der Waals surface area contributed by atoms with Gasteiger partial charge in [0, 0.05) is 6.54 Å². The zero-order valence-corrected chi connectivity index (χ0v) is 11.2. The van der Waals surface area contributed by atoms with Gasteiger partial charge in [0.15, 0.2) is 0 Å². The van der Waals surface area contributed by atoms with Gasteiger partial charge in [-0.05, 0) is 19.4 Å². The summed E-state index contributed by atoms with van der Waals surface area (Å²) in [6.45, 7) is 1.62. The van der Waals surface area contributed by atoms with Crippen LogP contribution in [0.2, 0.25) is 0 Å². The standard InChI is InChI=1S/C6H11NO2.2C2HF3O2/c8-6(9)5-2-1-3-7-4-5;2*3-2(4,5)1(6)7/h5,7H,1-4H2,(H,8,9);2*(H,6,7). The SMILES string of the molecule is O=C(O)C(F)(F)F.O=C(O)C(F)(F)F.O=C(O)C1CCCNC1. The minimum absolute atomic E-state index is 0.140. The molecule has 23 heavy (non-hydrogen) atoms. The fraction of sp³-hybridized carbons (Fsp3) is 0.700. The lowest BCUT2D eigenvalue weighted by Crippen LogP contribution is -2.34. The molecule has 0 amide bonds. The second-order valence-electron chi connectivity index (χ2n) is 3.99. The van der Waals surface area contributed by atoms with Gasteiger partial charge in [-0.25, -0.2) is 9.59 Å². The highest BCUT2D eigenvalue weighted by Gasteiger charge is 2.38. The van der Waals surface area contributed by atoms with Crippen molar-refractivity contribution in [2.45, 2.75) is 25.2 Å². The summed E-state index contributed by atoms with van der Waals surface area (Å²) in [7, 11) is 0. The molecule has 1 aliphatic rings. The summed E-state index contributed by atoms with van der Waals surface area (Å²) in [6.07, 6.45) is -8.33. The number of carboxylic acids is 3. The number of carboxylic acid groups (broad SMARTS) is 3. The predicted molar refractivity (Wildman–Crippen MR) is 60.6 cm³/mol. The largest absolute Gasteiger partial charge is 0.490 e. The first-order chi connectivity index (χ1) is 10.2. The van der Waals surface area contributed by atoms with E-state index in [2.05, 4.69) is 5.32 Å². The van der Waals surface area contributed by atoms with E-state index in [-0.39, 0.29) is 5.92 Å². The Labute approximate surface area is 124 Å². The smallest absolute Gasteiger partial charge is 0.481 e. The molecular formula is C10H13F6NO6. The fourth-order valence-corrected chi connectivity index (χ4v) is 1.06. The summed E-state index contributed by atoms with van der Waals surface area (Å²) in [5, 5.41) is 25.8. The number of rotatable bonds is 1. The van der Waals surface area contributed by atoms with Gasteiger partial charge in [0.1, 0.15) is 0 Å². The first-order valence-electron chi connectivity index (χ1n) is 5.73. The Kier molecular flexibility index (Phi) is 9.96. The maximum atomic E-state index is 10.6. The summed E-state index contributed by atoms with van der Waals surface area (Å²) in [6, 6.07) is 0. The molecule has 0 spiro atoms. The van der Waals surface area contributed by atoms with Crippen molar-refractivity contribution >= 4 is 17.9 Å². The third-order valence-electron chi connectivity index (χ3n) is 2.13. The monoisotopic (exact) mass is 357 g/mol. The van der Waals surface area contributed by atoms with Crippen LogP contribution in [0.25, 0.3) is 0 Å². The Hall–Kier alpha value is -2.05. The van der Waals surface area contributed by atoms with E-state index < -0.39 is 30.3 Å². The Morgan fingerprint density at radius 1 is 0.870 bits per heavy atom. The second kappa shape index (κ2) is 9.86. The molecule has 1 rings (SSSR count). The predicted octanol–water partition coefficient (Wildman–Crippen LogP) is 1.34. The van der Waals surface area contributed by atoms with Crippen LogP contribution in [0, 0.1) is 5.92 Å². The topological polar surface area (TPSA) is 124 Å². The van der Waals surface area contributed by atoms with Crippen molar-refractivity contribution in [3.63, 3.8) is 0 Å². The van der Waals surface area contributed by atoms with Gasteiger partial charge in [0.05, 0.1) is 5.92 Å². The molecule has 1 unspecified atom stereocenters. The van der Waals surface area contributed by atoms with E-state index in [9.17, 15) is 31.1 Å². The molecule has 136 valence electrons. The van der Waals surface area contributed by atoms with Crippen LogP contribution in [-0.2, 0) is 14.4 Å². The van der Waals surface area contributed by atoms with Crippen molar-refractivity contribution in [3.05, 3.63) is 0 Å². The number of hydrogen-bond acceptors (Lipinski definition) is 4. The van der Waals surface area contributed by atoms with Crippen molar-refractivity contribution in [1.29, 1.82) is 0 Å². The maximum Gasteiger partial charge on any atom is 0.490 e. The van der Waals surface area contributed by atoms with Gasteiger partial charge >= 0.3 is 30.3 Å². The van der Waals surface area contributed by atoms with Gasteiger partial charge in [-0.2, -0.15) is 26.3 Å². The average Bonchev–Trinajstić information content (AvgIpc) is 2.38. The molecule has 1 aliphatic heterocycles. The number of alkyl halides is 6. The first-order valence-corrected chi connectivity index (χ1v) is 5.73. The van der Waals surface area contributed by atoms with Gasteiger partial charge in [-0.15, -0.1) is 0 Å². The van der Waals surface area contributed by atoms with Crippen molar-refractivity contribution in [2.24, 2.45) is 5.92 Å². The van der Waals surface area contributed by atoms with Gasteiger partial charge in [-0.1, -0.05) is 0 Å². The van der Waals surface area contributed by atoms with Crippen molar-refractivity contribution < 1.29 is 56.0 Å². The minimum atomic E-state index is -5.08. The Morgan fingerprint density at radius 3 is 1.35 bits per heavy atom. The highest BCUT2D eigenvalue weighted by atomic mass is 19.4. The number of hydrogen-bond donors (Lipinski definition) is 4. The molecule has 0 aromatic carbocycles. The van der Waals surface area contributed by atoms with E-state index >= 15 is 0 Å². The van der Waals surface area contributed by atoms with Crippen LogP contribution in [0.5, 0.6) is 0 Å². The van der Waals surface area contributed by atoms with E-state index in [1.54, 1.807) is 0 Å². The fourth-order valence-electron chi connectivity index (χ4n) is 1.06. The van der Waals surface area contributed by atoms with Crippen LogP contribution in [0.4, 0.5) is 26.3 Å². The highest BCUT2D eigenvalue weighted by Crippen LogP contribution is 2.13. The lowest BCUT2D eigenvalue weighted by atomic mass is 10.0. The zero-order valence-electron chi connectivity index (χ0n) is 11.2. The molecule has 0 aromatic heterocycles. The molecule has 0 radical (unpaired) electrons. The highest BCUT2D eigenvalue weighted by molar-refractivity contribution is 5.73. The van der Waals surface area contributed by atoms with Crippen molar-refractivity contribution in [3.8, 4) is 0 Å². The molecule has 1 fully saturated rings. The van der Waals surface area contributed by atoms with Gasteiger partial charge in [0.25, 0.3) is 0 Å². The van der Waals surface area contributed by atoms with Gasteiger partial charge in [0.2, 0.25) is 0 Å². The number of aliphatic carboxylic acids is 3. The summed E-state index contributed by atoms with van der Waals surface area (Å²) in [5.41, 5.74) is 0. The zero-order chi connectivity index (χ0) is 18.8. The van der Waals surface area contributed by atoms with Crippen LogP contribution in [0.1, 0.15) is 12.8 Å². The molecule has 0 aromatic rings. The summed E-state index contributed by atoms with van der Waals surface area (Å²) < 4.78 is 63.5. The second-order valence-corrected chi connectivity index (χ2v) is 3.99. The van der Waals surface area contributed by atoms with Crippen molar-refractivity contribution in [2.75, 3.05) is 13.1 Å². The molecule has 1 heterocycles. The average molecular weight is 357 g/mol. The number of nitrogens with one attached hydrogen (secondary N) is 1. The molecule has 1 saturated heterocycles.